The molecule has 37 heavy (non-hydrogen) atoms. The van der Waals surface area contributed by atoms with Crippen molar-refractivity contribution in [3.63, 3.8) is 0 Å². The van der Waals surface area contributed by atoms with E-state index in [0.717, 1.165) is 10.6 Å². The van der Waals surface area contributed by atoms with Gasteiger partial charge in [0.25, 0.3) is 5.56 Å². The Morgan fingerprint density at radius 3 is 2.51 bits per heavy atom. The smallest absolute Gasteiger partial charge is 0.390 e. The van der Waals surface area contributed by atoms with E-state index in [9.17, 15) is 18.0 Å². The van der Waals surface area contributed by atoms with E-state index in [0.29, 0.717) is 45.5 Å². The van der Waals surface area contributed by atoms with Crippen molar-refractivity contribution in [1.82, 2.24) is 14.5 Å². The quantitative estimate of drug-likeness (QED) is 0.264. The second-order valence-corrected chi connectivity index (χ2v) is 9.87. The zero-order valence-electron chi connectivity index (χ0n) is 19.5. The van der Waals surface area contributed by atoms with Crippen LogP contribution in [0.25, 0.3) is 26.5 Å². The molecule has 1 aliphatic heterocycles. The van der Waals surface area contributed by atoms with Gasteiger partial charge in [0.15, 0.2) is 11.5 Å². The second-order valence-electron chi connectivity index (χ2n) is 8.43. The van der Waals surface area contributed by atoms with Crippen LogP contribution in [0.1, 0.15) is 6.42 Å². The number of ether oxygens (including phenoxy) is 2. The van der Waals surface area contributed by atoms with E-state index >= 15 is 0 Å². The summed E-state index contributed by atoms with van der Waals surface area (Å²) in [6.45, 7) is 0.791. The predicted molar refractivity (Wildman–Crippen MR) is 141 cm³/mol. The average molecular weight is 572 g/mol. The number of aromatic nitrogens is 2. The van der Waals surface area contributed by atoms with Crippen molar-refractivity contribution in [1.29, 1.82) is 0 Å². The highest BCUT2D eigenvalue weighted by Crippen LogP contribution is 2.33. The Labute approximate surface area is 225 Å². The minimum absolute atomic E-state index is 0. The SMILES string of the molecule is COc1cc(-n2ccc3nc(-c4ccc(Cl)cc4)sc3c2=O)ccc1OC1CN(CCC(F)(F)F)C1.Cl. The fourth-order valence-corrected chi connectivity index (χ4v) is 5.11. The van der Waals surface area contributed by atoms with Crippen molar-refractivity contribution in [2.24, 2.45) is 0 Å². The standard InChI is InChI=1S/C25H21ClF3N3O3S.ClH/c1-34-21-12-17(6-7-20(21)35-18-13-31(14-18)11-9-25(27,28)29)32-10-8-19-22(24(32)33)36-23(30-19)15-2-4-16(26)5-3-15;/h2-8,10,12,18H,9,11,13-14H2,1H3;1H. The fourth-order valence-electron chi connectivity index (χ4n) is 3.99. The molecule has 0 saturated carbocycles. The number of hydrogen-bond donors (Lipinski definition) is 0. The van der Waals surface area contributed by atoms with Crippen LogP contribution in [0.5, 0.6) is 11.5 Å². The van der Waals surface area contributed by atoms with Crippen LogP contribution in [0, 0.1) is 0 Å². The van der Waals surface area contributed by atoms with Crippen molar-refractivity contribution in [3.05, 3.63) is 70.1 Å². The Morgan fingerprint density at radius 1 is 1.11 bits per heavy atom. The van der Waals surface area contributed by atoms with E-state index in [-0.39, 0.29) is 30.6 Å². The largest absolute Gasteiger partial charge is 0.493 e. The molecular weight excluding hydrogens is 550 g/mol. The molecule has 0 amide bonds. The molecule has 12 heteroatoms. The van der Waals surface area contributed by atoms with Crippen molar-refractivity contribution >= 4 is 45.6 Å². The van der Waals surface area contributed by atoms with Gasteiger partial charge >= 0.3 is 6.18 Å². The molecule has 0 atom stereocenters. The molecule has 5 rings (SSSR count). The lowest BCUT2D eigenvalue weighted by atomic mass is 10.1. The summed E-state index contributed by atoms with van der Waals surface area (Å²) in [5, 5.41) is 1.35. The molecule has 0 aliphatic carbocycles. The zero-order chi connectivity index (χ0) is 25.4. The van der Waals surface area contributed by atoms with Gasteiger partial charge in [-0.1, -0.05) is 23.7 Å². The summed E-state index contributed by atoms with van der Waals surface area (Å²) in [7, 11) is 1.50. The van der Waals surface area contributed by atoms with Crippen LogP contribution < -0.4 is 15.0 Å². The van der Waals surface area contributed by atoms with E-state index in [1.807, 2.05) is 12.1 Å². The third kappa shape index (κ3) is 6.04. The molecule has 0 spiro atoms. The maximum absolute atomic E-state index is 13.3. The monoisotopic (exact) mass is 571 g/mol. The van der Waals surface area contributed by atoms with E-state index in [1.165, 1.54) is 23.0 Å². The lowest BCUT2D eigenvalue weighted by Crippen LogP contribution is -2.54. The van der Waals surface area contributed by atoms with Crippen LogP contribution >= 0.6 is 35.3 Å². The molecule has 4 aromatic rings. The summed E-state index contributed by atoms with van der Waals surface area (Å²) in [4.78, 5) is 19.6. The van der Waals surface area contributed by atoms with E-state index in [2.05, 4.69) is 4.98 Å². The van der Waals surface area contributed by atoms with Gasteiger partial charge in [-0.05, 0) is 30.3 Å². The molecule has 3 heterocycles. The van der Waals surface area contributed by atoms with Gasteiger partial charge in [0.2, 0.25) is 0 Å². The highest BCUT2D eigenvalue weighted by Gasteiger charge is 2.33. The molecule has 1 saturated heterocycles. The molecule has 0 bridgehead atoms. The Balaban J connectivity index is 0.00000320. The first-order valence-corrected chi connectivity index (χ1v) is 12.3. The first-order valence-electron chi connectivity index (χ1n) is 11.1. The molecule has 0 radical (unpaired) electrons. The first-order chi connectivity index (χ1) is 17.2. The number of rotatable bonds is 7. The number of thiazole rings is 1. The van der Waals surface area contributed by atoms with Gasteiger partial charge in [-0.25, -0.2) is 4.98 Å². The fraction of sp³-hybridized carbons (Fsp3) is 0.280. The third-order valence-corrected chi connectivity index (χ3v) is 7.25. The van der Waals surface area contributed by atoms with Gasteiger partial charge in [0.1, 0.15) is 15.8 Å². The van der Waals surface area contributed by atoms with Gasteiger partial charge in [-0.3, -0.25) is 14.3 Å². The lowest BCUT2D eigenvalue weighted by Gasteiger charge is -2.39. The van der Waals surface area contributed by atoms with Gasteiger partial charge in [-0.15, -0.1) is 23.7 Å². The maximum atomic E-state index is 13.3. The summed E-state index contributed by atoms with van der Waals surface area (Å²) >= 11 is 7.28. The Bertz CT molecular complexity index is 1450. The van der Waals surface area contributed by atoms with Crippen molar-refractivity contribution in [3.8, 4) is 27.8 Å². The summed E-state index contributed by atoms with van der Waals surface area (Å²) < 4.78 is 50.6. The van der Waals surface area contributed by atoms with Gasteiger partial charge < -0.3 is 9.47 Å². The minimum Gasteiger partial charge on any atom is -0.493 e. The van der Waals surface area contributed by atoms with Crippen LogP contribution in [0.15, 0.2) is 59.5 Å². The highest BCUT2D eigenvalue weighted by atomic mass is 35.5. The second kappa shape index (κ2) is 10.9. The Kier molecular flexibility index (Phi) is 8.03. The molecule has 196 valence electrons. The zero-order valence-corrected chi connectivity index (χ0v) is 21.9. The summed E-state index contributed by atoms with van der Waals surface area (Å²) in [6.07, 6.45) is -3.56. The van der Waals surface area contributed by atoms with Crippen LogP contribution in [0.2, 0.25) is 5.02 Å². The molecule has 1 aliphatic rings. The number of hydrogen-bond acceptors (Lipinski definition) is 6. The molecule has 2 aromatic heterocycles. The van der Waals surface area contributed by atoms with Crippen LogP contribution in [-0.2, 0) is 0 Å². The van der Waals surface area contributed by atoms with E-state index < -0.39 is 12.6 Å². The number of benzene rings is 2. The lowest BCUT2D eigenvalue weighted by molar-refractivity contribution is -0.142. The van der Waals surface area contributed by atoms with Crippen molar-refractivity contribution in [2.75, 3.05) is 26.7 Å². The topological polar surface area (TPSA) is 56.6 Å². The van der Waals surface area contributed by atoms with E-state index in [1.54, 1.807) is 47.5 Å². The maximum Gasteiger partial charge on any atom is 0.390 e. The number of fused-ring (bicyclic) bond motifs is 1. The number of alkyl halides is 3. The molecule has 0 unspecified atom stereocenters. The van der Waals surface area contributed by atoms with Crippen molar-refractivity contribution < 1.29 is 22.6 Å². The molecular formula is C25H22Cl2F3N3O3S. The van der Waals surface area contributed by atoms with Crippen LogP contribution in [-0.4, -0.2) is 53.5 Å². The van der Waals surface area contributed by atoms with Gasteiger partial charge in [-0.2, -0.15) is 13.2 Å². The van der Waals surface area contributed by atoms with Crippen molar-refractivity contribution in [2.45, 2.75) is 18.7 Å². The number of nitrogens with zero attached hydrogens (tertiary/aromatic N) is 3. The van der Waals surface area contributed by atoms with Gasteiger partial charge in [0.05, 0.1) is 24.7 Å². The minimum atomic E-state index is -4.16. The third-order valence-electron chi connectivity index (χ3n) is 5.89. The highest BCUT2D eigenvalue weighted by molar-refractivity contribution is 7.21. The summed E-state index contributed by atoms with van der Waals surface area (Å²) in [5.74, 6) is 0.901. The van der Waals surface area contributed by atoms with Crippen LogP contribution in [0.4, 0.5) is 13.2 Å². The predicted octanol–water partition coefficient (Wildman–Crippen LogP) is 6.21. The average Bonchev–Trinajstić information content (AvgIpc) is 3.26. The Morgan fingerprint density at radius 2 is 1.84 bits per heavy atom. The number of methoxy groups -OCH3 is 1. The normalized spacial score (nSPS) is 14.3. The first kappa shape index (κ1) is 27.3. The molecule has 6 nitrogen and oxygen atoms in total. The van der Waals surface area contributed by atoms with E-state index in [4.69, 9.17) is 21.1 Å². The Hall–Kier alpha value is -2.79. The van der Waals surface area contributed by atoms with Gasteiger partial charge in [0, 0.05) is 42.5 Å². The summed E-state index contributed by atoms with van der Waals surface area (Å²) in [5.41, 5.74) is 1.87. The molecule has 1 fully saturated rings. The van der Waals surface area contributed by atoms with Crippen LogP contribution in [0.3, 0.4) is 0 Å². The molecule has 0 N–H and O–H groups in total. The number of halogens is 5. The number of likely N-dealkylation sites (tertiary alicyclic amines) is 1. The summed E-state index contributed by atoms with van der Waals surface area (Å²) in [6, 6.07) is 14.2. The molecule has 2 aromatic carbocycles. The number of pyridine rings is 1.